The van der Waals surface area contributed by atoms with Gasteiger partial charge in [-0.05, 0) is 51.3 Å². The Morgan fingerprint density at radius 2 is 2.29 bits per heavy atom. The molecule has 4 nitrogen and oxygen atoms in total. The van der Waals surface area contributed by atoms with Gasteiger partial charge in [-0.25, -0.2) is 4.98 Å². The molecule has 2 atom stereocenters. The van der Waals surface area contributed by atoms with Gasteiger partial charge in [-0.1, -0.05) is 6.42 Å². The highest BCUT2D eigenvalue weighted by molar-refractivity contribution is 5.79. The highest BCUT2D eigenvalue weighted by Gasteiger charge is 2.58. The average molecular weight is 285 g/mol. The minimum Gasteiger partial charge on any atom is -0.381 e. The fourth-order valence-corrected chi connectivity index (χ4v) is 4.07. The summed E-state index contributed by atoms with van der Waals surface area (Å²) in [5.74, 6) is 0.970. The Morgan fingerprint density at radius 3 is 3.00 bits per heavy atom. The van der Waals surface area contributed by atoms with E-state index in [-0.39, 0.29) is 0 Å². The Balaban J connectivity index is 1.52. The Labute approximate surface area is 125 Å². The molecule has 1 heterocycles. The van der Waals surface area contributed by atoms with Gasteiger partial charge in [0, 0.05) is 23.8 Å². The van der Waals surface area contributed by atoms with Gasteiger partial charge >= 0.3 is 0 Å². The molecule has 1 aromatic heterocycles. The number of hydrogen-bond acceptors (Lipinski definition) is 3. The first-order valence-electron chi connectivity index (χ1n) is 8.06. The molecule has 2 aliphatic rings. The van der Waals surface area contributed by atoms with Crippen molar-refractivity contribution in [3.05, 3.63) is 24.0 Å². The first-order chi connectivity index (χ1) is 10.2. The van der Waals surface area contributed by atoms with Gasteiger partial charge in [0.05, 0.1) is 17.1 Å². The van der Waals surface area contributed by atoms with Gasteiger partial charge < -0.3 is 15.0 Å². The van der Waals surface area contributed by atoms with Crippen LogP contribution in [0.2, 0.25) is 0 Å². The summed E-state index contributed by atoms with van der Waals surface area (Å²) in [5, 5.41) is 3.73. The molecule has 2 N–H and O–H groups in total. The quantitative estimate of drug-likeness (QED) is 0.902. The summed E-state index contributed by atoms with van der Waals surface area (Å²) in [7, 11) is 0. The maximum absolute atomic E-state index is 5.92. The molecular formula is C17H23N3O. The molecule has 2 unspecified atom stereocenters. The second-order valence-corrected chi connectivity index (χ2v) is 6.52. The van der Waals surface area contributed by atoms with Gasteiger partial charge in [0.2, 0.25) is 0 Å². The Hall–Kier alpha value is -1.55. The lowest BCUT2D eigenvalue weighted by atomic mass is 9.51. The van der Waals surface area contributed by atoms with Crippen molar-refractivity contribution >= 4 is 16.7 Å². The Kier molecular flexibility index (Phi) is 2.96. The maximum atomic E-state index is 5.92. The van der Waals surface area contributed by atoms with Crippen LogP contribution in [0.5, 0.6) is 0 Å². The molecule has 112 valence electrons. The fraction of sp³-hybridized carbons (Fsp3) is 0.588. The zero-order valence-electron chi connectivity index (χ0n) is 12.8. The molecule has 0 radical (unpaired) electrons. The standard InChI is InChI=1S/C17H23N3O/c1-3-21-16-10-15(17(16)7-4-8-17)20-12-5-6-13-14(9-12)19-11(2)18-13/h5-6,9,15-16,20H,3-4,7-8,10H2,1-2H3,(H,18,19). The monoisotopic (exact) mass is 285 g/mol. The molecule has 0 bridgehead atoms. The number of aromatic nitrogens is 2. The van der Waals surface area contributed by atoms with Crippen LogP contribution in [0.15, 0.2) is 18.2 Å². The van der Waals surface area contributed by atoms with Crippen LogP contribution in [-0.2, 0) is 4.74 Å². The highest BCUT2D eigenvalue weighted by atomic mass is 16.5. The van der Waals surface area contributed by atoms with E-state index in [9.17, 15) is 0 Å². The number of fused-ring (bicyclic) bond motifs is 1. The summed E-state index contributed by atoms with van der Waals surface area (Å²) in [6, 6.07) is 6.97. The van der Waals surface area contributed by atoms with Crippen molar-refractivity contribution in [3.63, 3.8) is 0 Å². The molecule has 2 aromatic rings. The van der Waals surface area contributed by atoms with Crippen molar-refractivity contribution in [2.75, 3.05) is 11.9 Å². The number of nitrogens with one attached hydrogen (secondary N) is 2. The SMILES string of the molecule is CCOC1CC(Nc2ccc3nc(C)[nH]c3c2)C12CCC2. The largest absolute Gasteiger partial charge is 0.381 e. The van der Waals surface area contributed by atoms with Crippen LogP contribution in [-0.4, -0.2) is 28.7 Å². The van der Waals surface area contributed by atoms with E-state index in [0.717, 1.165) is 29.9 Å². The van der Waals surface area contributed by atoms with Crippen LogP contribution < -0.4 is 5.32 Å². The number of rotatable bonds is 4. The van der Waals surface area contributed by atoms with Gasteiger partial charge in [0.1, 0.15) is 5.82 Å². The zero-order chi connectivity index (χ0) is 14.4. The molecular weight excluding hydrogens is 262 g/mol. The number of aryl methyl sites for hydroxylation is 1. The Morgan fingerprint density at radius 1 is 1.43 bits per heavy atom. The minimum absolute atomic E-state index is 0.398. The lowest BCUT2D eigenvalue weighted by Gasteiger charge is -2.61. The van der Waals surface area contributed by atoms with Crippen molar-refractivity contribution < 1.29 is 4.74 Å². The van der Waals surface area contributed by atoms with Crippen LogP contribution in [0.3, 0.4) is 0 Å². The molecule has 1 aromatic carbocycles. The van der Waals surface area contributed by atoms with Gasteiger partial charge in [-0.3, -0.25) is 0 Å². The minimum atomic E-state index is 0.398. The van der Waals surface area contributed by atoms with Gasteiger partial charge in [0.15, 0.2) is 0 Å². The third kappa shape index (κ3) is 1.96. The van der Waals surface area contributed by atoms with Gasteiger partial charge in [-0.15, -0.1) is 0 Å². The first kappa shape index (κ1) is 13.1. The van der Waals surface area contributed by atoms with Gasteiger partial charge in [-0.2, -0.15) is 0 Å². The van der Waals surface area contributed by atoms with E-state index < -0.39 is 0 Å². The molecule has 0 amide bonds. The first-order valence-corrected chi connectivity index (χ1v) is 8.06. The summed E-state index contributed by atoms with van der Waals surface area (Å²) in [6.45, 7) is 4.93. The predicted molar refractivity (Wildman–Crippen MR) is 84.6 cm³/mol. The molecule has 0 aliphatic heterocycles. The van der Waals surface area contributed by atoms with E-state index in [0.29, 0.717) is 17.6 Å². The second-order valence-electron chi connectivity index (χ2n) is 6.52. The fourth-order valence-electron chi connectivity index (χ4n) is 4.07. The third-order valence-electron chi connectivity index (χ3n) is 5.38. The van der Waals surface area contributed by atoms with Gasteiger partial charge in [0.25, 0.3) is 0 Å². The number of hydrogen-bond donors (Lipinski definition) is 2. The van der Waals surface area contributed by atoms with E-state index in [2.05, 4.69) is 40.4 Å². The topological polar surface area (TPSA) is 49.9 Å². The lowest BCUT2D eigenvalue weighted by molar-refractivity contribution is -0.157. The summed E-state index contributed by atoms with van der Waals surface area (Å²) >= 11 is 0. The van der Waals surface area contributed by atoms with E-state index in [1.54, 1.807) is 0 Å². The summed E-state index contributed by atoms with van der Waals surface area (Å²) in [6.07, 6.45) is 5.56. The van der Waals surface area contributed by atoms with Crippen molar-refractivity contribution in [2.45, 2.75) is 51.7 Å². The lowest BCUT2D eigenvalue weighted by Crippen LogP contribution is -2.64. The summed E-state index contributed by atoms with van der Waals surface area (Å²) in [5.41, 5.74) is 3.74. The van der Waals surface area contributed by atoms with Crippen LogP contribution in [0.25, 0.3) is 11.0 Å². The van der Waals surface area contributed by atoms with Crippen molar-refractivity contribution in [3.8, 4) is 0 Å². The highest BCUT2D eigenvalue weighted by Crippen LogP contribution is 2.58. The number of H-pyrrole nitrogens is 1. The van der Waals surface area contributed by atoms with E-state index in [4.69, 9.17) is 4.74 Å². The third-order valence-corrected chi connectivity index (χ3v) is 5.38. The molecule has 0 saturated heterocycles. The normalized spacial score (nSPS) is 26.6. The van der Waals surface area contributed by atoms with Crippen LogP contribution in [0, 0.1) is 12.3 Å². The van der Waals surface area contributed by atoms with E-state index in [1.165, 1.54) is 24.9 Å². The number of ether oxygens (including phenoxy) is 1. The van der Waals surface area contributed by atoms with Crippen molar-refractivity contribution in [2.24, 2.45) is 5.41 Å². The molecule has 21 heavy (non-hydrogen) atoms. The number of anilines is 1. The van der Waals surface area contributed by atoms with Crippen LogP contribution in [0.4, 0.5) is 5.69 Å². The van der Waals surface area contributed by atoms with Crippen molar-refractivity contribution in [1.82, 2.24) is 9.97 Å². The molecule has 2 fully saturated rings. The Bertz CT molecular complexity index is 659. The molecule has 4 rings (SSSR count). The van der Waals surface area contributed by atoms with Crippen LogP contribution >= 0.6 is 0 Å². The predicted octanol–water partition coefficient (Wildman–Crippen LogP) is 3.63. The van der Waals surface area contributed by atoms with E-state index >= 15 is 0 Å². The molecule has 2 aliphatic carbocycles. The molecule has 2 saturated carbocycles. The number of benzene rings is 1. The second kappa shape index (κ2) is 4.73. The smallest absolute Gasteiger partial charge is 0.104 e. The molecule has 4 heteroatoms. The number of aromatic amines is 1. The number of nitrogens with zero attached hydrogens (tertiary/aromatic N) is 1. The van der Waals surface area contributed by atoms with Crippen LogP contribution in [0.1, 0.15) is 38.4 Å². The summed E-state index contributed by atoms with van der Waals surface area (Å²) in [4.78, 5) is 7.77. The number of imidazole rings is 1. The van der Waals surface area contributed by atoms with Crippen molar-refractivity contribution in [1.29, 1.82) is 0 Å². The maximum Gasteiger partial charge on any atom is 0.104 e. The zero-order valence-corrected chi connectivity index (χ0v) is 12.8. The summed E-state index contributed by atoms with van der Waals surface area (Å²) < 4.78 is 5.92. The average Bonchev–Trinajstić information content (AvgIpc) is 2.74. The molecule has 1 spiro atoms. The van der Waals surface area contributed by atoms with E-state index in [1.807, 2.05) is 6.92 Å².